The van der Waals surface area contributed by atoms with E-state index in [9.17, 15) is 34.8 Å². The van der Waals surface area contributed by atoms with Gasteiger partial charge in [0.1, 0.15) is 22.8 Å². The number of Topliss-reactive ketones (excluding diaryl/α,β-unsaturated/α-hetero) is 2. The quantitative estimate of drug-likeness (QED) is 0.255. The summed E-state index contributed by atoms with van der Waals surface area (Å²) in [7, 11) is 6.83. The number of amides is 1. The number of primary amides is 1. The van der Waals surface area contributed by atoms with Crippen LogP contribution in [0.25, 0.3) is 5.76 Å². The second kappa shape index (κ2) is 11.1. The Morgan fingerprint density at radius 3 is 2.38 bits per heavy atom. The molecular formula is C28H40N4O7S. The first-order valence-electron chi connectivity index (χ1n) is 13.5. The highest BCUT2D eigenvalue weighted by atomic mass is 32.1. The summed E-state index contributed by atoms with van der Waals surface area (Å²) in [5, 5.41) is 48.8. The fourth-order valence-corrected chi connectivity index (χ4v) is 6.38. The number of ketones is 2. The van der Waals surface area contributed by atoms with Crippen molar-refractivity contribution in [1.29, 1.82) is 1.12 Å². The number of nitrogens with zero attached hydrogens (tertiary/aromatic N) is 2. The van der Waals surface area contributed by atoms with Crippen molar-refractivity contribution in [3.63, 3.8) is 0 Å². The lowest BCUT2D eigenvalue weighted by atomic mass is 9.57. The summed E-state index contributed by atoms with van der Waals surface area (Å²) < 4.78 is 5.44. The van der Waals surface area contributed by atoms with Crippen LogP contribution in [0.5, 0.6) is 5.75 Å². The van der Waals surface area contributed by atoms with Crippen molar-refractivity contribution in [2.45, 2.75) is 44.9 Å². The minimum absolute atomic E-state index is 0.0527. The van der Waals surface area contributed by atoms with Gasteiger partial charge in [0.15, 0.2) is 11.4 Å². The molecule has 3 aliphatic rings. The maximum atomic E-state index is 14.0. The number of aromatic hydroxyl groups is 1. The molecule has 1 aromatic carbocycles. The van der Waals surface area contributed by atoms with Gasteiger partial charge in [-0.15, -0.1) is 0 Å². The van der Waals surface area contributed by atoms with Crippen LogP contribution in [-0.2, 0) is 27.3 Å². The molecular weight excluding hydrogens is 536 g/mol. The Morgan fingerprint density at radius 2 is 1.85 bits per heavy atom. The predicted octanol–water partition coefficient (Wildman–Crippen LogP) is 0.888. The number of rotatable bonds is 7. The van der Waals surface area contributed by atoms with E-state index in [1.54, 1.807) is 14.1 Å². The van der Waals surface area contributed by atoms with Gasteiger partial charge in [0.2, 0.25) is 5.78 Å². The Bertz CT molecular complexity index is 1330. The predicted molar refractivity (Wildman–Crippen MR) is 155 cm³/mol. The molecule has 12 heteroatoms. The number of benzene rings is 1. The maximum absolute atomic E-state index is 14.0. The normalized spacial score (nSPS) is 26.1. The van der Waals surface area contributed by atoms with E-state index in [0.717, 1.165) is 5.69 Å². The van der Waals surface area contributed by atoms with Gasteiger partial charge in [0.05, 0.1) is 12.7 Å². The monoisotopic (exact) mass is 577 g/mol. The fraction of sp³-hybridized carbons (Fsp3) is 0.536. The second-order valence-corrected chi connectivity index (χ2v) is 11.6. The van der Waals surface area contributed by atoms with Crippen LogP contribution < -0.4 is 16.0 Å². The Labute approximate surface area is 241 Å². The summed E-state index contributed by atoms with van der Waals surface area (Å²) in [5.74, 6) is -6.15. The van der Waals surface area contributed by atoms with Gasteiger partial charge in [-0.05, 0) is 56.9 Å². The molecule has 4 atom stereocenters. The van der Waals surface area contributed by atoms with Crippen molar-refractivity contribution in [2.24, 2.45) is 23.5 Å². The lowest BCUT2D eigenvalue weighted by Crippen LogP contribution is -2.65. The van der Waals surface area contributed by atoms with Crippen molar-refractivity contribution in [3.05, 3.63) is 39.7 Å². The topological polar surface area (TPSA) is 177 Å². The zero-order valence-electron chi connectivity index (χ0n) is 24.6. The van der Waals surface area contributed by atoms with Crippen molar-refractivity contribution < 1.29 is 34.8 Å². The van der Waals surface area contributed by atoms with Gasteiger partial charge in [0.25, 0.3) is 5.91 Å². The molecule has 4 rings (SSSR count). The van der Waals surface area contributed by atoms with Crippen molar-refractivity contribution in [2.75, 3.05) is 39.6 Å². The highest BCUT2D eigenvalue weighted by Gasteiger charge is 2.64. The van der Waals surface area contributed by atoms with E-state index >= 15 is 0 Å². The van der Waals surface area contributed by atoms with Crippen LogP contribution in [-0.4, -0.2) is 90.3 Å². The van der Waals surface area contributed by atoms with Gasteiger partial charge in [-0.2, -0.15) is 13.4 Å². The third kappa shape index (κ3) is 4.66. The summed E-state index contributed by atoms with van der Waals surface area (Å²) >= 11 is 2.78. The van der Waals surface area contributed by atoms with Gasteiger partial charge in [-0.3, -0.25) is 19.3 Å². The van der Waals surface area contributed by atoms with E-state index in [0.29, 0.717) is 30.1 Å². The molecule has 1 unspecified atom stereocenters. The number of anilines is 1. The van der Waals surface area contributed by atoms with Crippen LogP contribution in [0.1, 0.15) is 37.0 Å². The van der Waals surface area contributed by atoms with Crippen molar-refractivity contribution in [1.82, 2.24) is 10.2 Å². The number of nitrogens with one attached hydrogen (secondary N) is 1. The van der Waals surface area contributed by atoms with Crippen LogP contribution in [0.2, 0.25) is 0 Å². The van der Waals surface area contributed by atoms with E-state index in [-0.39, 0.29) is 29.7 Å². The first-order valence-corrected chi connectivity index (χ1v) is 13.0. The SMILES string of the molecule is CC(C)CNCc1cc(N(C)C)c2c(c1O)C(O)=C1C(=O)[C@]3(O)C(O)=C(C(N)=O)C(=O)C(N(C)C)[C@@H]3C[C@@H]1C2.[2H]S. The summed E-state index contributed by atoms with van der Waals surface area (Å²) in [6.07, 6.45) is 0.298. The molecule has 7 N–H and O–H groups in total. The third-order valence-corrected chi connectivity index (χ3v) is 8.13. The van der Waals surface area contributed by atoms with Crippen molar-refractivity contribution in [3.8, 4) is 5.75 Å². The molecule has 40 heavy (non-hydrogen) atoms. The molecule has 0 saturated heterocycles. The number of hydrogen-bond acceptors (Lipinski definition) is 10. The number of carbonyl (C=O) groups is 3. The maximum Gasteiger partial charge on any atom is 0.255 e. The van der Waals surface area contributed by atoms with Gasteiger partial charge < -0.3 is 36.4 Å². The zero-order chi connectivity index (χ0) is 31.1. The standard InChI is InChI=1S/C28H38N4O7.H2S/c1-12(2)10-30-11-14-9-17(31(3)4)15-7-13-8-16-21(32(5)6)24(35)20(27(29)38)26(37)28(16,39)25(36)18(13)23(34)19(15)22(14)33;/h9,12-13,16,21,30,33-34,37,39H,7-8,10-11H2,1-6H3,(H2,29,38);1H2/t13-,16-,21?,28-;/m0./s1/i/hD. The molecule has 0 heterocycles. The van der Waals surface area contributed by atoms with Crippen LogP contribution in [0.4, 0.5) is 5.69 Å². The fourth-order valence-electron chi connectivity index (χ4n) is 6.38. The minimum Gasteiger partial charge on any atom is -0.508 e. The number of aliphatic hydroxyl groups is 3. The lowest BCUT2D eigenvalue weighted by Gasteiger charge is -2.50. The highest BCUT2D eigenvalue weighted by molar-refractivity contribution is 7.59. The summed E-state index contributed by atoms with van der Waals surface area (Å²) in [5.41, 5.74) is 3.75. The zero-order valence-corrected chi connectivity index (χ0v) is 24.5. The molecule has 11 nitrogen and oxygen atoms in total. The number of likely N-dealkylation sites (N-methyl/N-ethyl adjacent to an activating group) is 1. The average molecular weight is 578 g/mol. The van der Waals surface area contributed by atoms with Crippen LogP contribution in [0, 0.1) is 17.8 Å². The molecule has 0 spiro atoms. The number of phenols is 1. The average Bonchev–Trinajstić information content (AvgIpc) is 2.87. The Hall–Kier alpha value is -3.06. The Kier molecular flexibility index (Phi) is 8.28. The number of aliphatic hydroxyl groups excluding tert-OH is 2. The summed E-state index contributed by atoms with van der Waals surface area (Å²) in [6.45, 7) is 5.14. The highest BCUT2D eigenvalue weighted by Crippen LogP contribution is 2.54. The third-order valence-electron chi connectivity index (χ3n) is 8.13. The summed E-state index contributed by atoms with van der Waals surface area (Å²) in [6, 6.07) is 0.736. The van der Waals surface area contributed by atoms with E-state index in [1.807, 2.05) is 25.1 Å². The van der Waals surface area contributed by atoms with Crippen LogP contribution in [0.15, 0.2) is 23.0 Å². The van der Waals surface area contributed by atoms with E-state index in [2.05, 4.69) is 32.6 Å². The number of fused-ring (bicyclic) bond motifs is 3. The lowest BCUT2D eigenvalue weighted by molar-refractivity contribution is -0.153. The van der Waals surface area contributed by atoms with Crippen LogP contribution in [0.3, 0.4) is 0 Å². The molecule has 1 amide bonds. The van der Waals surface area contributed by atoms with Gasteiger partial charge in [0, 0.05) is 43.4 Å². The first-order chi connectivity index (χ1) is 19.1. The van der Waals surface area contributed by atoms with Gasteiger partial charge in [-0.25, -0.2) is 0 Å². The number of carbonyl (C=O) groups excluding carboxylic acids is 3. The largest absolute Gasteiger partial charge is 0.508 e. The number of phenolic OH excluding ortho intramolecular Hbond substituents is 1. The molecule has 0 radical (unpaired) electrons. The van der Waals surface area contributed by atoms with Gasteiger partial charge in [-0.1, -0.05) is 13.8 Å². The molecule has 0 aliphatic heterocycles. The van der Waals surface area contributed by atoms with E-state index < -0.39 is 58.0 Å². The molecule has 220 valence electrons. The smallest absolute Gasteiger partial charge is 0.255 e. The van der Waals surface area contributed by atoms with Crippen LogP contribution >= 0.6 is 13.4 Å². The Balaban J connectivity index is 0.00000226. The number of hydrogen-bond donors (Lipinski definition) is 6. The molecule has 1 saturated carbocycles. The molecule has 0 aromatic heterocycles. The van der Waals surface area contributed by atoms with E-state index in [1.165, 1.54) is 4.90 Å². The van der Waals surface area contributed by atoms with Gasteiger partial charge >= 0.3 is 0 Å². The second-order valence-electron chi connectivity index (χ2n) is 11.6. The minimum atomic E-state index is -2.65. The molecule has 0 bridgehead atoms. The number of nitrogens with two attached hydrogens (primary N) is 1. The molecule has 1 fully saturated rings. The van der Waals surface area contributed by atoms with Crippen molar-refractivity contribution >= 4 is 42.3 Å². The molecule has 1 aromatic rings. The van der Waals surface area contributed by atoms with E-state index in [4.69, 9.17) is 6.86 Å². The Morgan fingerprint density at radius 1 is 1.23 bits per heavy atom. The molecule has 3 aliphatic carbocycles. The first kappa shape index (κ1) is 29.9. The summed E-state index contributed by atoms with van der Waals surface area (Å²) in [4.78, 5) is 42.7.